The Balaban J connectivity index is 2.73. The van der Waals surface area contributed by atoms with Crippen molar-refractivity contribution in [2.75, 3.05) is 11.9 Å². The summed E-state index contributed by atoms with van der Waals surface area (Å²) in [6.07, 6.45) is 3.36. The molecule has 0 aliphatic heterocycles. The lowest BCUT2D eigenvalue weighted by atomic mass is 10.6. The van der Waals surface area contributed by atoms with Crippen LogP contribution in [0.4, 0.5) is 0 Å². The van der Waals surface area contributed by atoms with Crippen LogP contribution in [-0.2, 0) is 5.11 Å². The lowest BCUT2D eigenvalue weighted by molar-refractivity contribution is 0.232. The van der Waals surface area contributed by atoms with Gasteiger partial charge in [-0.2, -0.15) is 0 Å². The zero-order valence-corrected chi connectivity index (χ0v) is 4.94. The van der Waals surface area contributed by atoms with Gasteiger partial charge in [-0.25, -0.2) is 5.11 Å². The molecule has 0 aromatic rings. The van der Waals surface area contributed by atoms with Crippen molar-refractivity contribution in [1.82, 2.24) is 0 Å². The first-order valence-corrected chi connectivity index (χ1v) is 2.83. The van der Waals surface area contributed by atoms with Gasteiger partial charge in [0.1, 0.15) is 6.61 Å². The topological polar surface area (TPSA) is 19.9 Å². The highest BCUT2D eigenvalue weighted by atomic mass is 79.9. The van der Waals surface area contributed by atoms with Crippen molar-refractivity contribution < 1.29 is 5.11 Å². The molecule has 0 aromatic carbocycles. The molecule has 0 heterocycles. The number of rotatable bonds is 2. The van der Waals surface area contributed by atoms with Crippen LogP contribution in [0.5, 0.6) is 0 Å². The van der Waals surface area contributed by atoms with Gasteiger partial charge in [0.05, 0.1) is 0 Å². The quantitative estimate of drug-likeness (QED) is 0.418. The van der Waals surface area contributed by atoms with Crippen LogP contribution in [0.2, 0.25) is 0 Å². The monoisotopic (exact) mass is 149 g/mol. The van der Waals surface area contributed by atoms with E-state index in [0.717, 1.165) is 5.33 Å². The average molecular weight is 150 g/mol. The first-order valence-electron chi connectivity index (χ1n) is 1.71. The van der Waals surface area contributed by atoms with Crippen LogP contribution in [0.15, 0.2) is 12.2 Å². The summed E-state index contributed by atoms with van der Waals surface area (Å²) in [4.78, 5) is 0. The molecule has 0 rings (SSSR count). The molecule has 1 nitrogen and oxygen atoms in total. The van der Waals surface area contributed by atoms with E-state index in [1.54, 1.807) is 12.2 Å². The molecule has 0 saturated carbocycles. The maximum absolute atomic E-state index is 9.58. The Bertz CT molecular complexity index is 36.8. The molecule has 35 valence electrons. The van der Waals surface area contributed by atoms with E-state index in [1.807, 2.05) is 0 Å². The maximum Gasteiger partial charge on any atom is 0.100 e. The van der Waals surface area contributed by atoms with Gasteiger partial charge >= 0.3 is 0 Å². The highest BCUT2D eigenvalue weighted by Gasteiger charge is 1.63. The summed E-state index contributed by atoms with van der Waals surface area (Å²) in [6.45, 7) is -0.106. The van der Waals surface area contributed by atoms with E-state index < -0.39 is 0 Å². The Hall–Kier alpha value is 0.180. The number of halogens is 1. The fraction of sp³-hybridized carbons (Fsp3) is 0.500. The fourth-order valence-corrected chi connectivity index (χ4v) is 0.395. The molecule has 0 spiro atoms. The van der Waals surface area contributed by atoms with Crippen LogP contribution < -0.4 is 0 Å². The van der Waals surface area contributed by atoms with Crippen molar-refractivity contribution in [2.45, 2.75) is 0 Å². The van der Waals surface area contributed by atoms with Gasteiger partial charge in [0.15, 0.2) is 0 Å². The lowest BCUT2D eigenvalue weighted by Crippen LogP contribution is -1.66. The van der Waals surface area contributed by atoms with Crippen LogP contribution in [0.3, 0.4) is 0 Å². The van der Waals surface area contributed by atoms with E-state index in [-0.39, 0.29) is 6.61 Å². The minimum absolute atomic E-state index is 0.106. The second kappa shape index (κ2) is 5.18. The Morgan fingerprint density at radius 3 is 2.33 bits per heavy atom. The average Bonchev–Trinajstić information content (AvgIpc) is 1.61. The third-order valence-electron chi connectivity index (χ3n) is 0.352. The van der Waals surface area contributed by atoms with Crippen molar-refractivity contribution in [2.24, 2.45) is 0 Å². The molecule has 1 radical (unpaired) electrons. The van der Waals surface area contributed by atoms with Gasteiger partial charge in [0.2, 0.25) is 0 Å². The first-order chi connectivity index (χ1) is 2.91. The second-order valence-electron chi connectivity index (χ2n) is 0.792. The number of hydrogen-bond acceptors (Lipinski definition) is 0. The molecule has 0 unspecified atom stereocenters. The Kier molecular flexibility index (Phi) is 5.34. The van der Waals surface area contributed by atoms with E-state index in [4.69, 9.17) is 0 Å². The SMILES string of the molecule is [O]C/C=C/CBr. The van der Waals surface area contributed by atoms with Gasteiger partial charge in [-0.15, -0.1) is 0 Å². The molecule has 0 bridgehead atoms. The zero-order valence-electron chi connectivity index (χ0n) is 3.36. The minimum atomic E-state index is -0.106. The third kappa shape index (κ3) is 4.18. The predicted molar refractivity (Wildman–Crippen MR) is 28.5 cm³/mol. The number of alkyl halides is 1. The van der Waals surface area contributed by atoms with Crippen molar-refractivity contribution in [3.05, 3.63) is 12.2 Å². The van der Waals surface area contributed by atoms with Crippen LogP contribution in [-0.4, -0.2) is 11.9 Å². The Labute approximate surface area is 45.8 Å². The largest absolute Gasteiger partial charge is 0.232 e. The van der Waals surface area contributed by atoms with Crippen LogP contribution in [0, 0.1) is 0 Å². The molecule has 2 heteroatoms. The first kappa shape index (κ1) is 6.18. The summed E-state index contributed by atoms with van der Waals surface area (Å²) in [7, 11) is 0. The van der Waals surface area contributed by atoms with Gasteiger partial charge in [-0.3, -0.25) is 0 Å². The van der Waals surface area contributed by atoms with E-state index >= 15 is 0 Å². The third-order valence-corrected chi connectivity index (χ3v) is 0.726. The predicted octanol–water partition coefficient (Wildman–Crippen LogP) is 1.37. The number of allylic oxidation sites excluding steroid dienone is 1. The maximum atomic E-state index is 9.58. The normalized spacial score (nSPS) is 10.3. The smallest absolute Gasteiger partial charge is 0.100 e. The lowest BCUT2D eigenvalue weighted by Gasteiger charge is -1.69. The Morgan fingerprint density at radius 1 is 1.50 bits per heavy atom. The van der Waals surface area contributed by atoms with Gasteiger partial charge in [-0.05, 0) is 0 Å². The molecule has 0 saturated heterocycles. The summed E-state index contributed by atoms with van der Waals surface area (Å²) in [5.41, 5.74) is 0. The molecular formula is C4H6BrO. The van der Waals surface area contributed by atoms with E-state index in [2.05, 4.69) is 15.9 Å². The Morgan fingerprint density at radius 2 is 2.17 bits per heavy atom. The molecule has 6 heavy (non-hydrogen) atoms. The molecule has 0 aliphatic rings. The fourth-order valence-electron chi connectivity index (χ4n) is 0.131. The van der Waals surface area contributed by atoms with E-state index in [9.17, 15) is 5.11 Å². The number of hydrogen-bond donors (Lipinski definition) is 0. The second-order valence-corrected chi connectivity index (χ2v) is 1.44. The summed E-state index contributed by atoms with van der Waals surface area (Å²) in [5.74, 6) is 0. The molecule has 0 aromatic heterocycles. The van der Waals surface area contributed by atoms with Crippen LogP contribution in [0.25, 0.3) is 0 Å². The van der Waals surface area contributed by atoms with Crippen LogP contribution >= 0.6 is 15.9 Å². The highest BCUT2D eigenvalue weighted by molar-refractivity contribution is 9.09. The summed E-state index contributed by atoms with van der Waals surface area (Å²) in [5, 5.41) is 10.4. The van der Waals surface area contributed by atoms with Crippen molar-refractivity contribution >= 4 is 15.9 Å². The van der Waals surface area contributed by atoms with Gasteiger partial charge in [0.25, 0.3) is 0 Å². The van der Waals surface area contributed by atoms with Crippen LogP contribution in [0.1, 0.15) is 0 Å². The molecule has 0 fully saturated rings. The van der Waals surface area contributed by atoms with Crippen molar-refractivity contribution in [1.29, 1.82) is 0 Å². The summed E-state index contributed by atoms with van der Waals surface area (Å²) in [6, 6.07) is 0. The zero-order chi connectivity index (χ0) is 4.83. The van der Waals surface area contributed by atoms with Crippen molar-refractivity contribution in [3.8, 4) is 0 Å². The summed E-state index contributed by atoms with van der Waals surface area (Å²) < 4.78 is 0. The van der Waals surface area contributed by atoms with Crippen molar-refractivity contribution in [3.63, 3.8) is 0 Å². The molecule has 0 amide bonds. The van der Waals surface area contributed by atoms with E-state index in [1.165, 1.54) is 0 Å². The van der Waals surface area contributed by atoms with Gasteiger partial charge < -0.3 is 0 Å². The molecule has 0 aliphatic carbocycles. The van der Waals surface area contributed by atoms with Gasteiger partial charge in [-0.1, -0.05) is 28.1 Å². The standard InChI is InChI=1S/C4H6BrO/c5-3-1-2-4-6/h1-2H,3-4H2/b2-1+. The van der Waals surface area contributed by atoms with Gasteiger partial charge in [0, 0.05) is 5.33 Å². The highest BCUT2D eigenvalue weighted by Crippen LogP contribution is 1.78. The molecule has 0 atom stereocenters. The molecular weight excluding hydrogens is 144 g/mol. The summed E-state index contributed by atoms with van der Waals surface area (Å²) >= 11 is 3.12. The molecule has 0 N–H and O–H groups in total. The minimum Gasteiger partial charge on any atom is -0.232 e. The van der Waals surface area contributed by atoms with E-state index in [0.29, 0.717) is 0 Å².